The lowest BCUT2D eigenvalue weighted by atomic mass is 10.4. The Morgan fingerprint density at radius 3 is 2.67 bits per heavy atom. The van der Waals surface area contributed by atoms with Crippen LogP contribution in [0.25, 0.3) is 0 Å². The van der Waals surface area contributed by atoms with Crippen LogP contribution < -0.4 is 0 Å². The van der Waals surface area contributed by atoms with Crippen molar-refractivity contribution in [3.63, 3.8) is 0 Å². The smallest absolute Gasteiger partial charge is 0.168 e. The Kier molecular flexibility index (Phi) is 2.56. The van der Waals surface area contributed by atoms with Crippen molar-refractivity contribution >= 4 is 0 Å². The highest BCUT2D eigenvalue weighted by molar-refractivity contribution is 4.85. The molecule has 0 amide bonds. The quantitative estimate of drug-likeness (QED) is 0.483. The summed E-state index contributed by atoms with van der Waals surface area (Å²) in [6, 6.07) is 0. The van der Waals surface area contributed by atoms with Crippen LogP contribution in [-0.4, -0.2) is 19.5 Å². The summed E-state index contributed by atoms with van der Waals surface area (Å²) in [7, 11) is 0. The van der Waals surface area contributed by atoms with Gasteiger partial charge in [-0.3, -0.25) is 0 Å². The number of hydrogen-bond acceptors (Lipinski definition) is 2. The van der Waals surface area contributed by atoms with Crippen LogP contribution in [0.3, 0.4) is 0 Å². The van der Waals surface area contributed by atoms with Gasteiger partial charge in [0.25, 0.3) is 0 Å². The van der Waals surface area contributed by atoms with E-state index >= 15 is 0 Å². The van der Waals surface area contributed by atoms with Crippen LogP contribution in [-0.2, 0) is 9.47 Å². The molecule has 1 rings (SSSR count). The van der Waals surface area contributed by atoms with Gasteiger partial charge in [-0.2, -0.15) is 0 Å². The molecular formula is C7H10O2. The summed E-state index contributed by atoms with van der Waals surface area (Å²) in [5.41, 5.74) is 0. The van der Waals surface area contributed by atoms with Crippen LogP contribution in [0.15, 0.2) is 0 Å². The molecule has 0 radical (unpaired) electrons. The first-order valence-corrected chi connectivity index (χ1v) is 3.10. The highest BCUT2D eigenvalue weighted by Crippen LogP contribution is 2.06. The molecule has 50 valence electrons. The van der Waals surface area contributed by atoms with Crippen LogP contribution >= 0.6 is 0 Å². The van der Waals surface area contributed by atoms with Gasteiger partial charge in [-0.25, -0.2) is 0 Å². The van der Waals surface area contributed by atoms with E-state index in [9.17, 15) is 0 Å². The molecule has 9 heavy (non-hydrogen) atoms. The summed E-state index contributed by atoms with van der Waals surface area (Å²) in [5, 5.41) is 0. The Balaban J connectivity index is 2.17. The molecule has 0 spiro atoms. The van der Waals surface area contributed by atoms with Crippen LogP contribution in [0.4, 0.5) is 0 Å². The van der Waals surface area contributed by atoms with E-state index in [1.54, 1.807) is 0 Å². The van der Waals surface area contributed by atoms with E-state index in [-0.39, 0.29) is 6.29 Å². The van der Waals surface area contributed by atoms with E-state index in [1.165, 1.54) is 0 Å². The van der Waals surface area contributed by atoms with E-state index in [0.29, 0.717) is 6.42 Å². The molecule has 0 aromatic heterocycles. The van der Waals surface area contributed by atoms with E-state index in [4.69, 9.17) is 15.9 Å². The van der Waals surface area contributed by atoms with Crippen molar-refractivity contribution in [2.45, 2.75) is 19.1 Å². The Morgan fingerprint density at radius 1 is 1.44 bits per heavy atom. The van der Waals surface area contributed by atoms with Gasteiger partial charge in [0.2, 0.25) is 0 Å². The highest BCUT2D eigenvalue weighted by atomic mass is 16.7. The first-order chi connectivity index (χ1) is 4.43. The predicted octanol–water partition coefficient (Wildman–Crippen LogP) is 0.773. The van der Waals surface area contributed by atoms with Gasteiger partial charge in [-0.15, -0.1) is 12.3 Å². The maximum atomic E-state index is 5.15. The van der Waals surface area contributed by atoms with Crippen molar-refractivity contribution in [2.24, 2.45) is 0 Å². The zero-order chi connectivity index (χ0) is 6.53. The molecule has 1 heterocycles. The van der Waals surface area contributed by atoms with Crippen molar-refractivity contribution < 1.29 is 9.47 Å². The third kappa shape index (κ3) is 2.05. The van der Waals surface area contributed by atoms with Gasteiger partial charge < -0.3 is 9.47 Å². The van der Waals surface area contributed by atoms with Gasteiger partial charge in [0.15, 0.2) is 6.29 Å². The van der Waals surface area contributed by atoms with Crippen LogP contribution in [0.1, 0.15) is 12.8 Å². The largest absolute Gasteiger partial charge is 0.352 e. The van der Waals surface area contributed by atoms with E-state index in [2.05, 4.69) is 5.92 Å². The summed E-state index contributed by atoms with van der Waals surface area (Å²) < 4.78 is 10.3. The minimum Gasteiger partial charge on any atom is -0.352 e. The second-order valence-electron chi connectivity index (χ2n) is 1.93. The molecule has 1 saturated heterocycles. The van der Waals surface area contributed by atoms with E-state index in [0.717, 1.165) is 19.6 Å². The lowest BCUT2D eigenvalue weighted by Gasteiger charge is -2.20. The minimum atomic E-state index is -0.135. The Morgan fingerprint density at radius 2 is 2.11 bits per heavy atom. The molecule has 2 nitrogen and oxygen atoms in total. The van der Waals surface area contributed by atoms with Crippen molar-refractivity contribution in [1.82, 2.24) is 0 Å². The summed E-state index contributed by atoms with van der Waals surface area (Å²) in [4.78, 5) is 0. The molecule has 0 N–H and O–H groups in total. The molecule has 0 saturated carbocycles. The molecule has 0 aromatic carbocycles. The van der Waals surface area contributed by atoms with Crippen molar-refractivity contribution in [1.29, 1.82) is 0 Å². The second-order valence-corrected chi connectivity index (χ2v) is 1.93. The fourth-order valence-electron chi connectivity index (χ4n) is 0.751. The first kappa shape index (κ1) is 6.60. The Labute approximate surface area is 55.1 Å². The third-order valence-corrected chi connectivity index (χ3v) is 1.18. The van der Waals surface area contributed by atoms with Gasteiger partial charge in [-0.1, -0.05) is 0 Å². The minimum absolute atomic E-state index is 0.135. The summed E-state index contributed by atoms with van der Waals surface area (Å²) in [6.07, 6.45) is 6.47. The lowest BCUT2D eigenvalue weighted by molar-refractivity contribution is -0.174. The molecule has 1 aliphatic heterocycles. The summed E-state index contributed by atoms with van der Waals surface area (Å²) in [5.74, 6) is 2.49. The van der Waals surface area contributed by atoms with Gasteiger partial charge in [-0.05, 0) is 6.42 Å². The van der Waals surface area contributed by atoms with E-state index < -0.39 is 0 Å². The van der Waals surface area contributed by atoms with Gasteiger partial charge in [0.05, 0.1) is 19.6 Å². The van der Waals surface area contributed by atoms with Crippen molar-refractivity contribution in [3.05, 3.63) is 0 Å². The number of ether oxygens (including phenoxy) is 2. The van der Waals surface area contributed by atoms with Crippen molar-refractivity contribution in [2.75, 3.05) is 13.2 Å². The highest BCUT2D eigenvalue weighted by Gasteiger charge is 2.11. The van der Waals surface area contributed by atoms with Gasteiger partial charge >= 0.3 is 0 Å². The Bertz CT molecular complexity index is 109. The van der Waals surface area contributed by atoms with Crippen LogP contribution in [0.5, 0.6) is 0 Å². The van der Waals surface area contributed by atoms with Crippen LogP contribution in [0, 0.1) is 12.3 Å². The zero-order valence-electron chi connectivity index (χ0n) is 5.30. The normalized spacial score (nSPS) is 21.2. The molecule has 0 aromatic rings. The fraction of sp³-hybridized carbons (Fsp3) is 0.714. The fourth-order valence-corrected chi connectivity index (χ4v) is 0.751. The SMILES string of the molecule is C#CCC1OCCCO1. The third-order valence-electron chi connectivity index (χ3n) is 1.18. The van der Waals surface area contributed by atoms with E-state index in [1.807, 2.05) is 0 Å². The Hall–Kier alpha value is -0.520. The molecular weight excluding hydrogens is 116 g/mol. The lowest BCUT2D eigenvalue weighted by Crippen LogP contribution is -2.23. The predicted molar refractivity (Wildman–Crippen MR) is 33.8 cm³/mol. The number of terminal acetylenes is 1. The standard InChI is InChI=1S/C7H10O2/c1-2-4-7-8-5-3-6-9-7/h1,7H,3-6H2. The number of rotatable bonds is 1. The maximum absolute atomic E-state index is 5.15. The number of hydrogen-bond donors (Lipinski definition) is 0. The monoisotopic (exact) mass is 126 g/mol. The maximum Gasteiger partial charge on any atom is 0.168 e. The van der Waals surface area contributed by atoms with Gasteiger partial charge in [0.1, 0.15) is 0 Å². The molecule has 0 atom stereocenters. The average molecular weight is 126 g/mol. The molecule has 0 bridgehead atoms. The second kappa shape index (κ2) is 3.49. The topological polar surface area (TPSA) is 18.5 Å². The van der Waals surface area contributed by atoms with Crippen LogP contribution in [0.2, 0.25) is 0 Å². The van der Waals surface area contributed by atoms with Gasteiger partial charge in [0, 0.05) is 0 Å². The molecule has 1 aliphatic rings. The first-order valence-electron chi connectivity index (χ1n) is 3.10. The zero-order valence-corrected chi connectivity index (χ0v) is 5.30. The molecule has 1 fully saturated rings. The molecule has 0 aliphatic carbocycles. The molecule has 0 unspecified atom stereocenters. The summed E-state index contributed by atoms with van der Waals surface area (Å²) in [6.45, 7) is 1.57. The summed E-state index contributed by atoms with van der Waals surface area (Å²) >= 11 is 0. The average Bonchev–Trinajstić information content (AvgIpc) is 1.91. The molecule has 2 heteroatoms. The van der Waals surface area contributed by atoms with Crippen molar-refractivity contribution in [3.8, 4) is 12.3 Å².